The number of amides is 1. The largest absolute Gasteiger partial charge is 0.457 e. The molecule has 0 saturated heterocycles. The monoisotopic (exact) mass is 490 g/mol. The Morgan fingerprint density at radius 2 is 1.83 bits per heavy atom. The van der Waals surface area contributed by atoms with Gasteiger partial charge in [-0.1, -0.05) is 13.0 Å². The van der Waals surface area contributed by atoms with Gasteiger partial charge in [0.1, 0.15) is 11.5 Å². The van der Waals surface area contributed by atoms with Crippen LogP contribution in [-0.2, 0) is 17.5 Å². The van der Waals surface area contributed by atoms with E-state index < -0.39 is 28.6 Å². The van der Waals surface area contributed by atoms with Crippen LogP contribution in [0.4, 0.5) is 24.5 Å². The number of halogens is 3. The molecule has 186 valence electrons. The lowest BCUT2D eigenvalue weighted by atomic mass is 10.1. The van der Waals surface area contributed by atoms with Gasteiger partial charge in [0.2, 0.25) is 5.91 Å². The maximum atomic E-state index is 12.9. The Balaban J connectivity index is 1.82. The fourth-order valence-corrected chi connectivity index (χ4v) is 3.49. The molecule has 1 N–H and O–H groups in total. The lowest BCUT2D eigenvalue weighted by molar-refractivity contribution is -0.384. The molecule has 0 spiro atoms. The van der Waals surface area contributed by atoms with Gasteiger partial charge in [0.25, 0.3) is 5.69 Å². The van der Waals surface area contributed by atoms with Crippen molar-refractivity contribution in [1.29, 1.82) is 0 Å². The first-order valence-electron chi connectivity index (χ1n) is 10.7. The maximum absolute atomic E-state index is 12.9. The van der Waals surface area contributed by atoms with E-state index in [-0.39, 0.29) is 29.4 Å². The van der Waals surface area contributed by atoms with Crippen LogP contribution in [0.2, 0.25) is 0 Å². The molecule has 3 aromatic rings. The highest BCUT2D eigenvalue weighted by atomic mass is 19.4. The molecule has 0 radical (unpaired) electrons. The van der Waals surface area contributed by atoms with E-state index in [1.807, 2.05) is 32.9 Å². The average molecular weight is 490 g/mol. The zero-order chi connectivity index (χ0) is 26.1. The van der Waals surface area contributed by atoms with Gasteiger partial charge in [0, 0.05) is 17.8 Å². The number of ether oxygens (including phenoxy) is 1. The van der Waals surface area contributed by atoms with Crippen LogP contribution < -0.4 is 10.1 Å². The van der Waals surface area contributed by atoms with E-state index >= 15 is 0 Å². The van der Waals surface area contributed by atoms with Crippen molar-refractivity contribution in [2.75, 3.05) is 5.32 Å². The Morgan fingerprint density at radius 1 is 1.14 bits per heavy atom. The number of hydrogen-bond acceptors (Lipinski definition) is 5. The summed E-state index contributed by atoms with van der Waals surface area (Å²) in [6.07, 6.45) is -4.59. The van der Waals surface area contributed by atoms with Gasteiger partial charge in [-0.2, -0.15) is 18.3 Å². The number of nitro groups is 1. The lowest BCUT2D eigenvalue weighted by Crippen LogP contribution is -2.25. The number of carbonyl (C=O) groups excluding carboxylic acids is 1. The molecule has 0 bridgehead atoms. The van der Waals surface area contributed by atoms with Crippen molar-refractivity contribution in [2.45, 2.75) is 47.3 Å². The molecule has 35 heavy (non-hydrogen) atoms. The number of aryl methyl sites for hydroxylation is 3. The van der Waals surface area contributed by atoms with Crippen molar-refractivity contribution in [3.05, 3.63) is 74.6 Å². The molecular formula is C24H25F3N4O4. The van der Waals surface area contributed by atoms with Crippen LogP contribution in [0, 0.1) is 43.7 Å². The smallest absolute Gasteiger partial charge is 0.435 e. The third-order valence-corrected chi connectivity index (χ3v) is 5.53. The third-order valence-electron chi connectivity index (χ3n) is 5.53. The average Bonchev–Trinajstić information content (AvgIpc) is 3.12. The van der Waals surface area contributed by atoms with Gasteiger partial charge in [0.15, 0.2) is 5.69 Å². The first-order valence-corrected chi connectivity index (χ1v) is 10.7. The van der Waals surface area contributed by atoms with Gasteiger partial charge in [0.05, 0.1) is 29.1 Å². The number of anilines is 1. The third kappa shape index (κ3) is 6.17. The number of aromatic nitrogens is 2. The summed E-state index contributed by atoms with van der Waals surface area (Å²) < 4.78 is 45.7. The molecule has 2 aromatic carbocycles. The number of non-ortho nitro benzene ring substituents is 1. The first-order chi connectivity index (χ1) is 16.2. The van der Waals surface area contributed by atoms with Crippen molar-refractivity contribution < 1.29 is 27.6 Å². The van der Waals surface area contributed by atoms with Gasteiger partial charge < -0.3 is 10.1 Å². The van der Waals surface area contributed by atoms with E-state index in [1.165, 1.54) is 32.0 Å². The minimum Gasteiger partial charge on any atom is -0.457 e. The van der Waals surface area contributed by atoms with E-state index in [1.54, 1.807) is 0 Å². The van der Waals surface area contributed by atoms with Crippen LogP contribution in [-0.4, -0.2) is 20.6 Å². The van der Waals surface area contributed by atoms with Crippen LogP contribution in [0.5, 0.6) is 11.5 Å². The van der Waals surface area contributed by atoms with E-state index in [2.05, 4.69) is 10.4 Å². The number of rotatable bonds is 7. The summed E-state index contributed by atoms with van der Waals surface area (Å²) in [6, 6.07) is 8.60. The molecule has 1 aromatic heterocycles. The Bertz CT molecular complexity index is 1280. The van der Waals surface area contributed by atoms with Gasteiger partial charge in [-0.25, -0.2) is 0 Å². The minimum atomic E-state index is -4.59. The van der Waals surface area contributed by atoms with E-state index in [9.17, 15) is 28.1 Å². The normalized spacial score (nSPS) is 12.3. The van der Waals surface area contributed by atoms with Crippen LogP contribution in [0.15, 0.2) is 36.4 Å². The molecule has 3 rings (SSSR count). The second-order valence-corrected chi connectivity index (χ2v) is 8.52. The number of alkyl halides is 3. The standard InChI is InChI=1S/C24H25F3N4O4/c1-13-6-14(2)17(5)21(7-13)35-20-10-18(9-19(11-20)31(33)34)28-23(32)15(3)12-30-16(4)8-22(29-30)24(25,26)27/h6-11,15H,12H2,1-5H3,(H,28,32). The zero-order valence-electron chi connectivity index (χ0n) is 19.9. The number of carbonyl (C=O) groups is 1. The van der Waals surface area contributed by atoms with Crippen molar-refractivity contribution in [3.8, 4) is 11.5 Å². The predicted molar refractivity (Wildman–Crippen MR) is 124 cm³/mol. The molecule has 1 amide bonds. The first kappa shape index (κ1) is 25.7. The Kier molecular flexibility index (Phi) is 7.18. The predicted octanol–water partition coefficient (Wildman–Crippen LogP) is 6.11. The Morgan fingerprint density at radius 3 is 2.43 bits per heavy atom. The summed E-state index contributed by atoms with van der Waals surface area (Å²) in [5, 5.41) is 17.6. The van der Waals surface area contributed by atoms with Crippen molar-refractivity contribution in [3.63, 3.8) is 0 Å². The molecule has 0 fully saturated rings. The lowest BCUT2D eigenvalue weighted by Gasteiger charge is -2.15. The molecule has 1 unspecified atom stereocenters. The van der Waals surface area contributed by atoms with Crippen LogP contribution in [0.3, 0.4) is 0 Å². The molecule has 8 nitrogen and oxygen atoms in total. The molecule has 1 atom stereocenters. The van der Waals surface area contributed by atoms with Gasteiger partial charge in [-0.05, 0) is 56.5 Å². The summed E-state index contributed by atoms with van der Waals surface area (Å²) >= 11 is 0. The molecule has 0 saturated carbocycles. The second-order valence-electron chi connectivity index (χ2n) is 8.52. The molecule has 0 aliphatic heterocycles. The number of nitro benzene ring substituents is 1. The summed E-state index contributed by atoms with van der Waals surface area (Å²) in [5.41, 5.74) is 1.88. The van der Waals surface area contributed by atoms with Crippen molar-refractivity contribution in [2.24, 2.45) is 5.92 Å². The molecular weight excluding hydrogens is 465 g/mol. The SMILES string of the molecule is Cc1cc(C)c(C)c(Oc2cc(NC(=O)C(C)Cn3nc(C(F)(F)F)cc3C)cc([N+](=O)[O-])c2)c1. The number of nitrogens with zero attached hydrogens (tertiary/aromatic N) is 3. The van der Waals surface area contributed by atoms with E-state index in [0.29, 0.717) is 5.75 Å². The summed E-state index contributed by atoms with van der Waals surface area (Å²) in [6.45, 7) is 8.58. The van der Waals surface area contributed by atoms with Gasteiger partial charge in [-0.3, -0.25) is 19.6 Å². The Hall–Kier alpha value is -3.89. The van der Waals surface area contributed by atoms with E-state index in [0.717, 1.165) is 27.4 Å². The fourth-order valence-electron chi connectivity index (χ4n) is 3.49. The highest BCUT2D eigenvalue weighted by Gasteiger charge is 2.34. The topological polar surface area (TPSA) is 99.3 Å². The zero-order valence-corrected chi connectivity index (χ0v) is 19.9. The van der Waals surface area contributed by atoms with Crippen LogP contribution in [0.1, 0.15) is 35.0 Å². The minimum absolute atomic E-state index is 0.103. The highest BCUT2D eigenvalue weighted by molar-refractivity contribution is 5.92. The summed E-state index contributed by atoms with van der Waals surface area (Å²) in [7, 11) is 0. The van der Waals surface area contributed by atoms with Crippen LogP contribution in [0.25, 0.3) is 0 Å². The van der Waals surface area contributed by atoms with Crippen LogP contribution >= 0.6 is 0 Å². The number of benzene rings is 2. The van der Waals surface area contributed by atoms with Gasteiger partial charge >= 0.3 is 6.18 Å². The van der Waals surface area contributed by atoms with Gasteiger partial charge in [-0.15, -0.1) is 0 Å². The number of nitrogens with one attached hydrogen (secondary N) is 1. The molecule has 11 heteroatoms. The highest BCUT2D eigenvalue weighted by Crippen LogP contribution is 2.33. The summed E-state index contributed by atoms with van der Waals surface area (Å²) in [5.74, 6) is -0.626. The molecule has 0 aliphatic carbocycles. The maximum Gasteiger partial charge on any atom is 0.435 e. The molecule has 1 heterocycles. The fraction of sp³-hybridized carbons (Fsp3) is 0.333. The van der Waals surface area contributed by atoms with Crippen molar-refractivity contribution in [1.82, 2.24) is 9.78 Å². The molecule has 0 aliphatic rings. The quantitative estimate of drug-likeness (QED) is 0.318. The Labute approximate surface area is 199 Å². The second kappa shape index (κ2) is 9.77. The van der Waals surface area contributed by atoms with E-state index in [4.69, 9.17) is 4.74 Å². The number of hydrogen-bond donors (Lipinski definition) is 1. The summed E-state index contributed by atoms with van der Waals surface area (Å²) in [4.78, 5) is 23.6. The van der Waals surface area contributed by atoms with Crippen molar-refractivity contribution >= 4 is 17.3 Å².